The van der Waals surface area contributed by atoms with Crippen LogP contribution in [-0.4, -0.2) is 4.57 Å². The molecule has 0 radical (unpaired) electrons. The zero-order chi connectivity index (χ0) is 39.8. The van der Waals surface area contributed by atoms with Crippen molar-refractivity contribution >= 4 is 49.6 Å². The molecule has 0 bridgehead atoms. The molecule has 282 valence electrons. The Bertz CT molecular complexity index is 3290. The summed E-state index contributed by atoms with van der Waals surface area (Å²) in [5, 5.41) is 4.90. The molecule has 0 fully saturated rings. The van der Waals surface area contributed by atoms with Crippen molar-refractivity contribution < 1.29 is 0 Å². The van der Waals surface area contributed by atoms with E-state index >= 15 is 0 Å². The number of rotatable bonds is 8. The summed E-state index contributed by atoms with van der Waals surface area (Å²) < 4.78 is 2.48. The Hall–Kier alpha value is -7.94. The van der Waals surface area contributed by atoms with Gasteiger partial charge < -0.3 is 9.47 Å². The van der Waals surface area contributed by atoms with E-state index in [9.17, 15) is 0 Å². The second-order valence-electron chi connectivity index (χ2n) is 15.3. The minimum Gasteiger partial charge on any atom is -0.310 e. The van der Waals surface area contributed by atoms with Crippen LogP contribution in [0.5, 0.6) is 0 Å². The third-order valence-corrected chi connectivity index (χ3v) is 11.8. The van der Waals surface area contributed by atoms with E-state index in [1.807, 2.05) is 0 Å². The number of hydrogen-bond acceptors (Lipinski definition) is 1. The number of nitrogens with zero attached hydrogens (tertiary/aromatic N) is 2. The molecule has 0 amide bonds. The number of anilines is 3. The van der Waals surface area contributed by atoms with E-state index in [1.54, 1.807) is 0 Å². The van der Waals surface area contributed by atoms with Gasteiger partial charge in [-0.1, -0.05) is 200 Å². The molecule has 60 heavy (non-hydrogen) atoms. The third-order valence-electron chi connectivity index (χ3n) is 11.8. The number of fused-ring (bicyclic) bond motifs is 4. The lowest BCUT2D eigenvalue weighted by molar-refractivity contribution is 1.18. The first-order valence-corrected chi connectivity index (χ1v) is 20.6. The molecule has 0 aliphatic rings. The number of para-hydroxylation sites is 2. The monoisotopic (exact) mass is 764 g/mol. The van der Waals surface area contributed by atoms with Crippen molar-refractivity contribution in [2.75, 3.05) is 4.90 Å². The number of benzene rings is 10. The predicted molar refractivity (Wildman–Crippen MR) is 255 cm³/mol. The minimum atomic E-state index is 1.07. The summed E-state index contributed by atoms with van der Waals surface area (Å²) >= 11 is 0. The summed E-state index contributed by atoms with van der Waals surface area (Å²) in [7, 11) is 0. The molecule has 11 aromatic rings. The van der Waals surface area contributed by atoms with Crippen molar-refractivity contribution in [3.8, 4) is 50.2 Å². The van der Waals surface area contributed by atoms with E-state index in [-0.39, 0.29) is 0 Å². The molecule has 2 nitrogen and oxygen atoms in total. The molecule has 2 heteroatoms. The van der Waals surface area contributed by atoms with Crippen molar-refractivity contribution in [3.05, 3.63) is 243 Å². The largest absolute Gasteiger partial charge is 0.310 e. The highest BCUT2D eigenvalue weighted by molar-refractivity contribution is 6.11. The molecule has 0 saturated carbocycles. The Morgan fingerprint density at radius 1 is 0.283 bits per heavy atom. The molecule has 11 rings (SSSR count). The fourth-order valence-corrected chi connectivity index (χ4v) is 8.97. The van der Waals surface area contributed by atoms with Crippen molar-refractivity contribution in [3.63, 3.8) is 0 Å². The molecule has 0 unspecified atom stereocenters. The van der Waals surface area contributed by atoms with Crippen molar-refractivity contribution in [1.82, 2.24) is 4.57 Å². The first kappa shape index (κ1) is 35.2. The van der Waals surface area contributed by atoms with Crippen LogP contribution in [0.15, 0.2) is 243 Å². The van der Waals surface area contributed by atoms with Crippen molar-refractivity contribution in [2.24, 2.45) is 0 Å². The van der Waals surface area contributed by atoms with Crippen LogP contribution in [0.3, 0.4) is 0 Å². The summed E-state index contributed by atoms with van der Waals surface area (Å²) in [5.41, 5.74) is 16.1. The number of aromatic nitrogens is 1. The predicted octanol–water partition coefficient (Wildman–Crippen LogP) is 16.1. The van der Waals surface area contributed by atoms with Gasteiger partial charge in [-0.2, -0.15) is 0 Å². The smallest absolute Gasteiger partial charge is 0.0562 e. The standard InChI is InChI=1S/C58H40N2/c1-5-18-41(19-6-1)45-32-35-52(44-22-9-3-10-23-44)57(38-45)60-55-31-16-15-29-53(55)54-37-34-48(40-58(54)60)59(47-26-11-4-12-27-47)56-39-46(33-36-51(56)43-20-7-2-8-21-43)50-30-17-25-42-24-13-14-28-49(42)50/h1-40H. The summed E-state index contributed by atoms with van der Waals surface area (Å²) in [5.74, 6) is 0. The molecule has 0 aliphatic carbocycles. The van der Waals surface area contributed by atoms with Gasteiger partial charge in [-0.15, -0.1) is 0 Å². The van der Waals surface area contributed by atoms with Crippen LogP contribution in [0.4, 0.5) is 17.1 Å². The highest BCUT2D eigenvalue weighted by Gasteiger charge is 2.22. The molecule has 0 N–H and O–H groups in total. The molecule has 0 aliphatic heterocycles. The number of hydrogen-bond donors (Lipinski definition) is 0. The van der Waals surface area contributed by atoms with Crippen LogP contribution < -0.4 is 4.90 Å². The van der Waals surface area contributed by atoms with Crippen molar-refractivity contribution in [1.29, 1.82) is 0 Å². The van der Waals surface area contributed by atoms with E-state index in [0.717, 1.165) is 33.8 Å². The van der Waals surface area contributed by atoms with Crippen LogP contribution in [0.2, 0.25) is 0 Å². The summed E-state index contributed by atoms with van der Waals surface area (Å²) in [4.78, 5) is 2.44. The first-order valence-electron chi connectivity index (χ1n) is 20.6. The van der Waals surface area contributed by atoms with Gasteiger partial charge in [-0.25, -0.2) is 0 Å². The van der Waals surface area contributed by atoms with E-state index in [1.165, 1.54) is 66.0 Å². The maximum atomic E-state index is 2.48. The molecular weight excluding hydrogens is 725 g/mol. The Morgan fingerprint density at radius 2 is 0.850 bits per heavy atom. The van der Waals surface area contributed by atoms with Gasteiger partial charge in [0.25, 0.3) is 0 Å². The SMILES string of the molecule is c1ccc(-c2ccc(-c3ccccc3)c(-n3c4ccccc4c4ccc(N(c5ccccc5)c5cc(-c6cccc7ccccc67)ccc5-c5ccccc5)cc43)c2)cc1. The van der Waals surface area contributed by atoms with Gasteiger partial charge >= 0.3 is 0 Å². The Morgan fingerprint density at radius 3 is 1.60 bits per heavy atom. The van der Waals surface area contributed by atoms with Crippen LogP contribution >= 0.6 is 0 Å². The highest BCUT2D eigenvalue weighted by atomic mass is 15.1. The van der Waals surface area contributed by atoms with E-state index < -0.39 is 0 Å². The normalized spacial score (nSPS) is 11.3. The van der Waals surface area contributed by atoms with Crippen LogP contribution in [0, 0.1) is 0 Å². The Labute approximate surface area is 350 Å². The fraction of sp³-hybridized carbons (Fsp3) is 0. The highest BCUT2D eigenvalue weighted by Crippen LogP contribution is 2.46. The van der Waals surface area contributed by atoms with Gasteiger partial charge in [0.05, 0.1) is 22.4 Å². The Kier molecular flexibility index (Phi) is 8.87. The summed E-state index contributed by atoms with van der Waals surface area (Å²) in [6.07, 6.45) is 0. The molecule has 10 aromatic carbocycles. The average Bonchev–Trinajstić information content (AvgIpc) is 3.66. The molecule has 0 spiro atoms. The third kappa shape index (κ3) is 6.23. The molecule has 0 atom stereocenters. The van der Waals surface area contributed by atoms with Crippen molar-refractivity contribution in [2.45, 2.75) is 0 Å². The van der Waals surface area contributed by atoms with E-state index in [0.29, 0.717) is 0 Å². The lowest BCUT2D eigenvalue weighted by Crippen LogP contribution is -2.11. The molecule has 1 aromatic heterocycles. The second-order valence-corrected chi connectivity index (χ2v) is 15.3. The van der Waals surface area contributed by atoms with Crippen LogP contribution in [0.1, 0.15) is 0 Å². The van der Waals surface area contributed by atoms with Crippen LogP contribution in [0.25, 0.3) is 82.8 Å². The van der Waals surface area contributed by atoms with Gasteiger partial charge in [-0.3, -0.25) is 0 Å². The lowest BCUT2D eigenvalue weighted by atomic mass is 9.94. The molecular formula is C58H40N2. The van der Waals surface area contributed by atoms with Gasteiger partial charge in [0.15, 0.2) is 0 Å². The first-order chi connectivity index (χ1) is 29.8. The van der Waals surface area contributed by atoms with E-state index in [2.05, 4.69) is 252 Å². The quantitative estimate of drug-likeness (QED) is 0.150. The van der Waals surface area contributed by atoms with Gasteiger partial charge in [0.2, 0.25) is 0 Å². The zero-order valence-corrected chi connectivity index (χ0v) is 33.0. The average molecular weight is 765 g/mol. The second kappa shape index (κ2) is 15.1. The Balaban J connectivity index is 1.20. The summed E-state index contributed by atoms with van der Waals surface area (Å²) in [6.45, 7) is 0. The minimum absolute atomic E-state index is 1.07. The molecule has 0 saturated heterocycles. The maximum Gasteiger partial charge on any atom is 0.0562 e. The zero-order valence-electron chi connectivity index (χ0n) is 33.0. The lowest BCUT2D eigenvalue weighted by Gasteiger charge is -2.29. The molecule has 1 heterocycles. The van der Waals surface area contributed by atoms with Gasteiger partial charge in [0, 0.05) is 33.3 Å². The van der Waals surface area contributed by atoms with Crippen LogP contribution in [-0.2, 0) is 0 Å². The van der Waals surface area contributed by atoms with Gasteiger partial charge in [-0.05, 0) is 86.6 Å². The van der Waals surface area contributed by atoms with E-state index in [4.69, 9.17) is 0 Å². The fourth-order valence-electron chi connectivity index (χ4n) is 8.97. The maximum absolute atomic E-state index is 2.48. The topological polar surface area (TPSA) is 8.17 Å². The summed E-state index contributed by atoms with van der Waals surface area (Å²) in [6, 6.07) is 88.0. The van der Waals surface area contributed by atoms with Gasteiger partial charge in [0.1, 0.15) is 0 Å².